The molecule has 0 atom stereocenters. The quantitative estimate of drug-likeness (QED) is 0.672. The number of carbonyl (C=O) groups is 1. The maximum absolute atomic E-state index is 12.1. The molecular weight excluding hydrogens is 292 g/mol. The lowest BCUT2D eigenvalue weighted by atomic mass is 10.1. The SMILES string of the molecule is Cc1cc(Cl)c(NC(=O)c2nc(N)n[nH]2)c2cccnc12. The molecule has 4 N–H and O–H groups in total. The highest BCUT2D eigenvalue weighted by atomic mass is 35.5. The van der Waals surface area contributed by atoms with Crippen LogP contribution in [-0.4, -0.2) is 26.1 Å². The van der Waals surface area contributed by atoms with Crippen molar-refractivity contribution in [2.24, 2.45) is 0 Å². The Morgan fingerprint density at radius 1 is 1.48 bits per heavy atom. The molecule has 0 aliphatic carbocycles. The first-order valence-corrected chi connectivity index (χ1v) is 6.47. The van der Waals surface area contributed by atoms with E-state index < -0.39 is 5.91 Å². The molecule has 0 spiro atoms. The van der Waals surface area contributed by atoms with Gasteiger partial charge in [-0.25, -0.2) is 0 Å². The van der Waals surface area contributed by atoms with Gasteiger partial charge in [0.15, 0.2) is 0 Å². The average molecular weight is 303 g/mol. The van der Waals surface area contributed by atoms with Crippen LogP contribution in [0.4, 0.5) is 11.6 Å². The highest BCUT2D eigenvalue weighted by Crippen LogP contribution is 2.32. The van der Waals surface area contributed by atoms with E-state index >= 15 is 0 Å². The van der Waals surface area contributed by atoms with Gasteiger partial charge in [0.1, 0.15) is 0 Å². The molecule has 2 heterocycles. The summed E-state index contributed by atoms with van der Waals surface area (Å²) < 4.78 is 0. The number of nitrogen functional groups attached to an aromatic ring is 1. The van der Waals surface area contributed by atoms with Gasteiger partial charge in [0.25, 0.3) is 5.91 Å². The monoisotopic (exact) mass is 302 g/mol. The molecular formula is C13H11ClN6O. The third-order valence-electron chi connectivity index (χ3n) is 2.99. The molecule has 1 aromatic carbocycles. The van der Waals surface area contributed by atoms with Gasteiger partial charge in [0.2, 0.25) is 11.8 Å². The van der Waals surface area contributed by atoms with E-state index in [1.807, 2.05) is 13.0 Å². The third kappa shape index (κ3) is 2.38. The number of pyridine rings is 1. The van der Waals surface area contributed by atoms with Crippen molar-refractivity contribution >= 4 is 40.0 Å². The van der Waals surface area contributed by atoms with Crippen LogP contribution in [0, 0.1) is 6.92 Å². The standard InChI is InChI=1S/C13H11ClN6O/c1-6-5-8(14)10(7-3-2-4-16-9(6)7)17-12(21)11-18-13(15)20-19-11/h2-5H,1H3,(H,17,21)(H3,15,18,19,20). The number of fused-ring (bicyclic) bond motifs is 1. The number of aryl methyl sites for hydroxylation is 1. The average Bonchev–Trinajstić information content (AvgIpc) is 2.90. The van der Waals surface area contributed by atoms with Crippen molar-refractivity contribution in [2.45, 2.75) is 6.92 Å². The van der Waals surface area contributed by atoms with Gasteiger partial charge in [0.05, 0.1) is 16.2 Å². The van der Waals surface area contributed by atoms with Crippen LogP contribution in [0.2, 0.25) is 5.02 Å². The maximum atomic E-state index is 12.1. The highest BCUT2D eigenvalue weighted by Gasteiger charge is 2.16. The van der Waals surface area contributed by atoms with Crippen LogP contribution < -0.4 is 11.1 Å². The van der Waals surface area contributed by atoms with Gasteiger partial charge >= 0.3 is 0 Å². The molecule has 1 amide bonds. The summed E-state index contributed by atoms with van der Waals surface area (Å²) in [6.07, 6.45) is 1.69. The summed E-state index contributed by atoms with van der Waals surface area (Å²) in [5.74, 6) is -0.460. The van der Waals surface area contributed by atoms with Gasteiger partial charge in [-0.05, 0) is 30.7 Å². The summed E-state index contributed by atoms with van der Waals surface area (Å²) in [5.41, 5.74) is 7.56. The Morgan fingerprint density at radius 3 is 3.00 bits per heavy atom. The molecule has 0 bridgehead atoms. The Morgan fingerprint density at radius 2 is 2.29 bits per heavy atom. The largest absolute Gasteiger partial charge is 0.366 e. The molecule has 7 nitrogen and oxygen atoms in total. The first-order valence-electron chi connectivity index (χ1n) is 6.09. The first-order chi connectivity index (χ1) is 10.1. The number of aromatic amines is 1. The van der Waals surface area contributed by atoms with Crippen molar-refractivity contribution in [1.82, 2.24) is 20.2 Å². The van der Waals surface area contributed by atoms with Crippen LogP contribution >= 0.6 is 11.6 Å². The van der Waals surface area contributed by atoms with E-state index in [9.17, 15) is 4.79 Å². The number of nitrogens with zero attached hydrogens (tertiary/aromatic N) is 3. The number of rotatable bonds is 2. The number of benzene rings is 1. The van der Waals surface area contributed by atoms with Gasteiger partial charge in [-0.15, -0.1) is 5.10 Å². The molecule has 0 fully saturated rings. The van der Waals surface area contributed by atoms with Crippen LogP contribution in [0.15, 0.2) is 24.4 Å². The molecule has 0 radical (unpaired) electrons. The number of amides is 1. The van der Waals surface area contributed by atoms with Crippen LogP contribution in [-0.2, 0) is 0 Å². The molecule has 106 valence electrons. The van der Waals surface area contributed by atoms with E-state index in [4.69, 9.17) is 17.3 Å². The zero-order valence-corrected chi connectivity index (χ0v) is 11.8. The van der Waals surface area contributed by atoms with E-state index in [0.717, 1.165) is 16.5 Å². The minimum absolute atomic E-state index is 0.00155. The molecule has 3 rings (SSSR count). The minimum atomic E-state index is -0.477. The first kappa shape index (κ1) is 13.3. The van der Waals surface area contributed by atoms with Crippen molar-refractivity contribution in [1.29, 1.82) is 0 Å². The fraction of sp³-hybridized carbons (Fsp3) is 0.0769. The predicted octanol–water partition coefficient (Wildman–Crippen LogP) is 2.15. The number of nitrogens with one attached hydrogen (secondary N) is 2. The molecule has 21 heavy (non-hydrogen) atoms. The lowest BCUT2D eigenvalue weighted by molar-refractivity contribution is 0.101. The zero-order valence-electron chi connectivity index (χ0n) is 11.0. The van der Waals surface area contributed by atoms with Gasteiger partial charge in [0, 0.05) is 11.6 Å². The Kier molecular flexibility index (Phi) is 3.19. The van der Waals surface area contributed by atoms with Crippen LogP contribution in [0.25, 0.3) is 10.9 Å². The molecule has 0 aliphatic heterocycles. The minimum Gasteiger partial charge on any atom is -0.366 e. The molecule has 0 unspecified atom stereocenters. The molecule has 0 aliphatic rings. The van der Waals surface area contributed by atoms with E-state index in [1.165, 1.54) is 0 Å². The van der Waals surface area contributed by atoms with Gasteiger partial charge in [-0.1, -0.05) is 11.6 Å². The number of carbonyl (C=O) groups excluding carboxylic acids is 1. The van der Waals surface area contributed by atoms with Gasteiger partial charge < -0.3 is 11.1 Å². The Bertz CT molecular complexity index is 844. The lowest BCUT2D eigenvalue weighted by Crippen LogP contribution is -2.14. The normalized spacial score (nSPS) is 10.8. The number of H-pyrrole nitrogens is 1. The fourth-order valence-electron chi connectivity index (χ4n) is 2.06. The fourth-order valence-corrected chi connectivity index (χ4v) is 2.37. The summed E-state index contributed by atoms with van der Waals surface area (Å²) in [5, 5.41) is 9.95. The van der Waals surface area contributed by atoms with Crippen LogP contribution in [0.5, 0.6) is 0 Å². The third-order valence-corrected chi connectivity index (χ3v) is 3.29. The Hall–Kier alpha value is -2.67. The van der Waals surface area contributed by atoms with Crippen molar-refractivity contribution in [3.63, 3.8) is 0 Å². The summed E-state index contributed by atoms with van der Waals surface area (Å²) >= 11 is 6.23. The van der Waals surface area contributed by atoms with Crippen molar-refractivity contribution in [3.8, 4) is 0 Å². The van der Waals surface area contributed by atoms with Crippen LogP contribution in [0.1, 0.15) is 16.2 Å². The summed E-state index contributed by atoms with van der Waals surface area (Å²) in [6.45, 7) is 1.91. The number of aromatic nitrogens is 4. The second kappa shape index (κ2) is 5.02. The number of anilines is 2. The molecule has 0 saturated heterocycles. The number of halogens is 1. The van der Waals surface area contributed by atoms with E-state index in [1.54, 1.807) is 18.3 Å². The number of nitrogens with two attached hydrogens (primary N) is 1. The second-order valence-electron chi connectivity index (χ2n) is 4.45. The predicted molar refractivity (Wildman–Crippen MR) is 80.2 cm³/mol. The molecule has 8 heteroatoms. The van der Waals surface area contributed by atoms with E-state index in [0.29, 0.717) is 10.7 Å². The second-order valence-corrected chi connectivity index (χ2v) is 4.85. The number of hydrogen-bond donors (Lipinski definition) is 3. The Balaban J connectivity index is 2.06. The summed E-state index contributed by atoms with van der Waals surface area (Å²) in [6, 6.07) is 5.37. The molecule has 2 aromatic heterocycles. The topological polar surface area (TPSA) is 110 Å². The van der Waals surface area contributed by atoms with Crippen molar-refractivity contribution in [3.05, 3.63) is 40.8 Å². The number of hydrogen-bond acceptors (Lipinski definition) is 5. The zero-order chi connectivity index (χ0) is 15.0. The van der Waals surface area contributed by atoms with Gasteiger partial charge in [-0.2, -0.15) is 4.98 Å². The molecule has 3 aromatic rings. The summed E-state index contributed by atoms with van der Waals surface area (Å²) in [4.78, 5) is 20.2. The van der Waals surface area contributed by atoms with Crippen molar-refractivity contribution in [2.75, 3.05) is 11.1 Å². The lowest BCUT2D eigenvalue weighted by Gasteiger charge is -2.11. The van der Waals surface area contributed by atoms with Gasteiger partial charge in [-0.3, -0.25) is 14.9 Å². The van der Waals surface area contributed by atoms with E-state index in [-0.39, 0.29) is 11.8 Å². The van der Waals surface area contributed by atoms with Crippen LogP contribution in [0.3, 0.4) is 0 Å². The summed E-state index contributed by atoms with van der Waals surface area (Å²) in [7, 11) is 0. The molecule has 0 saturated carbocycles. The Labute approximate surface area is 124 Å². The van der Waals surface area contributed by atoms with Crippen molar-refractivity contribution < 1.29 is 4.79 Å². The smallest absolute Gasteiger partial charge is 0.293 e. The van der Waals surface area contributed by atoms with E-state index in [2.05, 4.69) is 25.5 Å². The maximum Gasteiger partial charge on any atom is 0.293 e. The highest BCUT2D eigenvalue weighted by molar-refractivity contribution is 6.36.